The first-order valence-electron chi connectivity index (χ1n) is 4.85. The van der Waals surface area contributed by atoms with Gasteiger partial charge in [0, 0.05) is 0 Å². The fourth-order valence-electron chi connectivity index (χ4n) is 1.42. The summed E-state index contributed by atoms with van der Waals surface area (Å²) >= 11 is 0. The number of halogens is 1. The minimum Gasteiger partial charge on any atom is -0.207 e. The lowest BCUT2D eigenvalue weighted by Gasteiger charge is -2.08. The van der Waals surface area contributed by atoms with E-state index in [2.05, 4.69) is 13.8 Å². The third kappa shape index (κ3) is 2.83. The normalized spacial score (nSPS) is 10.8. The molecule has 0 N–H and O–H groups in total. The Balaban J connectivity index is 2.75. The van der Waals surface area contributed by atoms with Crippen molar-refractivity contribution in [2.75, 3.05) is 0 Å². The van der Waals surface area contributed by atoms with E-state index in [1.807, 2.05) is 13.0 Å². The summed E-state index contributed by atoms with van der Waals surface area (Å²) in [5.41, 5.74) is 1.96. The fourth-order valence-corrected chi connectivity index (χ4v) is 1.42. The van der Waals surface area contributed by atoms with Gasteiger partial charge in [0.25, 0.3) is 0 Å². The van der Waals surface area contributed by atoms with Gasteiger partial charge < -0.3 is 0 Å². The number of hydrogen-bond donors (Lipinski definition) is 0. The molecule has 0 aliphatic carbocycles. The summed E-state index contributed by atoms with van der Waals surface area (Å²) in [7, 11) is 0. The van der Waals surface area contributed by atoms with Crippen LogP contribution in [-0.4, -0.2) is 0 Å². The van der Waals surface area contributed by atoms with Crippen molar-refractivity contribution in [3.63, 3.8) is 0 Å². The molecule has 0 saturated heterocycles. The maximum absolute atomic E-state index is 13.3. The van der Waals surface area contributed by atoms with Crippen molar-refractivity contribution in [3.8, 4) is 0 Å². The highest BCUT2D eigenvalue weighted by Gasteiger charge is 2.05. The standard InChI is InChI=1S/C12H17F/c1-9(2)7-8-11-10(3)5-4-6-12(11)13/h4-6,9H,7-8H2,1-3H3. The maximum atomic E-state index is 13.3. The molecular formula is C12H17F. The van der Waals surface area contributed by atoms with Crippen LogP contribution in [0.5, 0.6) is 0 Å². The first-order valence-corrected chi connectivity index (χ1v) is 4.85. The zero-order valence-electron chi connectivity index (χ0n) is 8.60. The summed E-state index contributed by atoms with van der Waals surface area (Å²) in [6.07, 6.45) is 1.91. The van der Waals surface area contributed by atoms with Crippen LogP contribution in [0.25, 0.3) is 0 Å². The van der Waals surface area contributed by atoms with Crippen LogP contribution in [0.3, 0.4) is 0 Å². The lowest BCUT2D eigenvalue weighted by atomic mass is 9.99. The highest BCUT2D eigenvalue weighted by molar-refractivity contribution is 5.27. The van der Waals surface area contributed by atoms with E-state index in [9.17, 15) is 4.39 Å². The van der Waals surface area contributed by atoms with E-state index in [4.69, 9.17) is 0 Å². The number of aryl methyl sites for hydroxylation is 1. The van der Waals surface area contributed by atoms with Crippen molar-refractivity contribution >= 4 is 0 Å². The molecule has 0 atom stereocenters. The van der Waals surface area contributed by atoms with Crippen molar-refractivity contribution < 1.29 is 4.39 Å². The fraction of sp³-hybridized carbons (Fsp3) is 0.500. The van der Waals surface area contributed by atoms with Gasteiger partial charge in [0.1, 0.15) is 5.82 Å². The van der Waals surface area contributed by atoms with Crippen molar-refractivity contribution in [3.05, 3.63) is 35.1 Å². The van der Waals surface area contributed by atoms with Crippen LogP contribution in [0.2, 0.25) is 0 Å². The quantitative estimate of drug-likeness (QED) is 0.665. The van der Waals surface area contributed by atoms with Gasteiger partial charge in [-0.1, -0.05) is 26.0 Å². The van der Waals surface area contributed by atoms with Crippen LogP contribution in [0, 0.1) is 18.7 Å². The largest absolute Gasteiger partial charge is 0.207 e. The monoisotopic (exact) mass is 180 g/mol. The molecule has 0 heterocycles. The Kier molecular flexibility index (Phi) is 3.47. The Morgan fingerprint density at radius 2 is 2.00 bits per heavy atom. The molecule has 0 radical (unpaired) electrons. The van der Waals surface area contributed by atoms with E-state index >= 15 is 0 Å². The van der Waals surface area contributed by atoms with Crippen molar-refractivity contribution in [1.29, 1.82) is 0 Å². The molecule has 1 rings (SSSR count). The molecule has 0 aliphatic rings. The average molecular weight is 180 g/mol. The van der Waals surface area contributed by atoms with Crippen molar-refractivity contribution in [1.82, 2.24) is 0 Å². The Hall–Kier alpha value is -0.850. The average Bonchev–Trinajstić information content (AvgIpc) is 2.03. The SMILES string of the molecule is Cc1cccc(F)c1CCC(C)C. The van der Waals surface area contributed by atoms with Gasteiger partial charge in [0.2, 0.25) is 0 Å². The molecule has 1 aromatic rings. The second-order valence-corrected chi connectivity index (χ2v) is 3.97. The van der Waals surface area contributed by atoms with Crippen LogP contribution in [0.4, 0.5) is 4.39 Å². The highest BCUT2D eigenvalue weighted by Crippen LogP contribution is 2.16. The molecule has 0 aromatic heterocycles. The van der Waals surface area contributed by atoms with Crippen molar-refractivity contribution in [2.24, 2.45) is 5.92 Å². The van der Waals surface area contributed by atoms with Crippen LogP contribution in [0.15, 0.2) is 18.2 Å². The predicted octanol–water partition coefficient (Wildman–Crippen LogP) is 3.72. The minimum absolute atomic E-state index is 0.0550. The van der Waals surface area contributed by atoms with E-state index in [1.165, 1.54) is 0 Å². The van der Waals surface area contributed by atoms with Crippen molar-refractivity contribution in [2.45, 2.75) is 33.6 Å². The first-order chi connectivity index (χ1) is 6.11. The molecule has 13 heavy (non-hydrogen) atoms. The number of hydrogen-bond acceptors (Lipinski definition) is 0. The number of rotatable bonds is 3. The summed E-state index contributed by atoms with van der Waals surface area (Å²) in [6.45, 7) is 6.30. The zero-order chi connectivity index (χ0) is 9.84. The summed E-state index contributed by atoms with van der Waals surface area (Å²) in [6, 6.07) is 5.28. The molecule has 0 amide bonds. The lowest BCUT2D eigenvalue weighted by Crippen LogP contribution is -1.97. The van der Waals surface area contributed by atoms with Gasteiger partial charge in [-0.3, -0.25) is 0 Å². The number of benzene rings is 1. The van der Waals surface area contributed by atoms with Gasteiger partial charge in [0.15, 0.2) is 0 Å². The first kappa shape index (κ1) is 10.2. The second kappa shape index (κ2) is 4.40. The van der Waals surface area contributed by atoms with Gasteiger partial charge in [0.05, 0.1) is 0 Å². The van der Waals surface area contributed by atoms with Gasteiger partial charge in [-0.2, -0.15) is 0 Å². The van der Waals surface area contributed by atoms with Crippen LogP contribution in [0.1, 0.15) is 31.4 Å². The van der Waals surface area contributed by atoms with Gasteiger partial charge >= 0.3 is 0 Å². The van der Waals surface area contributed by atoms with Crippen LogP contribution in [-0.2, 0) is 6.42 Å². The molecule has 1 aromatic carbocycles. The second-order valence-electron chi connectivity index (χ2n) is 3.97. The third-order valence-corrected chi connectivity index (χ3v) is 2.32. The molecule has 0 fully saturated rings. The third-order valence-electron chi connectivity index (χ3n) is 2.32. The predicted molar refractivity (Wildman–Crippen MR) is 54.3 cm³/mol. The van der Waals surface area contributed by atoms with Crippen LogP contribution < -0.4 is 0 Å². The summed E-state index contributed by atoms with van der Waals surface area (Å²) in [5.74, 6) is 0.583. The maximum Gasteiger partial charge on any atom is 0.126 e. The molecular weight excluding hydrogens is 163 g/mol. The summed E-state index contributed by atoms with van der Waals surface area (Å²) in [5, 5.41) is 0. The molecule has 0 nitrogen and oxygen atoms in total. The van der Waals surface area contributed by atoms with Gasteiger partial charge in [-0.25, -0.2) is 4.39 Å². The molecule has 0 aliphatic heterocycles. The molecule has 0 bridgehead atoms. The van der Waals surface area contributed by atoms with Gasteiger partial charge in [-0.05, 0) is 42.9 Å². The van der Waals surface area contributed by atoms with E-state index in [0.717, 1.165) is 24.0 Å². The highest BCUT2D eigenvalue weighted by atomic mass is 19.1. The molecule has 0 saturated carbocycles. The molecule has 72 valence electrons. The molecule has 1 heteroatoms. The van der Waals surface area contributed by atoms with E-state index in [1.54, 1.807) is 12.1 Å². The Bertz CT molecular complexity index is 256. The molecule has 0 unspecified atom stereocenters. The Morgan fingerprint density at radius 3 is 2.54 bits per heavy atom. The van der Waals surface area contributed by atoms with Crippen LogP contribution >= 0.6 is 0 Å². The van der Waals surface area contributed by atoms with E-state index in [-0.39, 0.29) is 5.82 Å². The summed E-state index contributed by atoms with van der Waals surface area (Å²) < 4.78 is 13.3. The Labute approximate surface area is 79.8 Å². The smallest absolute Gasteiger partial charge is 0.126 e. The van der Waals surface area contributed by atoms with Gasteiger partial charge in [-0.15, -0.1) is 0 Å². The zero-order valence-corrected chi connectivity index (χ0v) is 8.60. The topological polar surface area (TPSA) is 0 Å². The van der Waals surface area contributed by atoms with E-state index in [0.29, 0.717) is 5.92 Å². The minimum atomic E-state index is -0.0550. The molecule has 0 spiro atoms. The Morgan fingerprint density at radius 1 is 1.31 bits per heavy atom. The lowest BCUT2D eigenvalue weighted by molar-refractivity contribution is 0.556. The summed E-state index contributed by atoms with van der Waals surface area (Å²) in [4.78, 5) is 0. The van der Waals surface area contributed by atoms with E-state index < -0.39 is 0 Å².